The molecule has 0 bridgehead atoms. The number of nitrogen functional groups attached to an aromatic ring is 1. The summed E-state index contributed by atoms with van der Waals surface area (Å²) in [5.41, 5.74) is 5.83. The van der Waals surface area contributed by atoms with Crippen LogP contribution in [0, 0.1) is 0 Å². The fourth-order valence-corrected chi connectivity index (χ4v) is 2.61. The third kappa shape index (κ3) is 2.58. The van der Waals surface area contributed by atoms with Crippen molar-refractivity contribution in [2.45, 2.75) is 45.2 Å². The number of nitrogens with zero attached hydrogens (tertiary/aromatic N) is 2. The van der Waals surface area contributed by atoms with Crippen LogP contribution in [0.15, 0.2) is 0 Å². The molecule has 1 aromatic rings. The van der Waals surface area contributed by atoms with Gasteiger partial charge in [-0.3, -0.25) is 4.79 Å². The third-order valence-electron chi connectivity index (χ3n) is 3.38. The van der Waals surface area contributed by atoms with E-state index in [4.69, 9.17) is 5.73 Å². The van der Waals surface area contributed by atoms with Crippen molar-refractivity contribution in [1.82, 2.24) is 9.88 Å². The topological polar surface area (TPSA) is 71.2 Å². The highest BCUT2D eigenvalue weighted by atomic mass is 32.1. The Morgan fingerprint density at radius 1 is 1.56 bits per heavy atom. The van der Waals surface area contributed by atoms with Crippen molar-refractivity contribution in [3.05, 3.63) is 4.88 Å². The third-order valence-corrected chi connectivity index (χ3v) is 4.37. The fraction of sp³-hybridized carbons (Fsp3) is 0.667. The van der Waals surface area contributed by atoms with E-state index in [-0.39, 0.29) is 11.9 Å². The molecule has 1 amide bonds. The van der Waals surface area contributed by atoms with E-state index in [1.807, 2.05) is 13.8 Å². The lowest BCUT2D eigenvalue weighted by Gasteiger charge is -2.25. The lowest BCUT2D eigenvalue weighted by atomic mass is 9.93. The number of rotatable bonds is 4. The van der Waals surface area contributed by atoms with E-state index in [2.05, 4.69) is 10.3 Å². The van der Waals surface area contributed by atoms with Crippen molar-refractivity contribution in [2.75, 3.05) is 18.1 Å². The van der Waals surface area contributed by atoms with Crippen molar-refractivity contribution < 1.29 is 4.79 Å². The molecule has 1 aliphatic carbocycles. The van der Waals surface area contributed by atoms with Gasteiger partial charge in [-0.05, 0) is 33.1 Å². The van der Waals surface area contributed by atoms with E-state index >= 15 is 0 Å². The summed E-state index contributed by atoms with van der Waals surface area (Å²) in [4.78, 5) is 18.6. The number of nitrogens with two attached hydrogens (primary N) is 1. The summed E-state index contributed by atoms with van der Waals surface area (Å²) in [6.07, 6.45) is 3.61. The smallest absolute Gasteiger partial charge is 0.267 e. The zero-order chi connectivity index (χ0) is 13.3. The molecule has 18 heavy (non-hydrogen) atoms. The van der Waals surface area contributed by atoms with E-state index in [1.54, 1.807) is 11.9 Å². The van der Waals surface area contributed by atoms with Crippen LogP contribution in [0.3, 0.4) is 0 Å². The van der Waals surface area contributed by atoms with Gasteiger partial charge in [0, 0.05) is 19.1 Å². The second-order valence-electron chi connectivity index (χ2n) is 5.02. The van der Waals surface area contributed by atoms with Crippen LogP contribution in [0.2, 0.25) is 0 Å². The normalized spacial score (nSPS) is 15.6. The Labute approximate surface area is 111 Å². The number of carbonyl (C=O) groups is 1. The van der Waals surface area contributed by atoms with Crippen LogP contribution in [0.5, 0.6) is 0 Å². The molecule has 1 aromatic heterocycles. The summed E-state index contributed by atoms with van der Waals surface area (Å²) in [5.74, 6) is 0.279. The Morgan fingerprint density at radius 2 is 2.22 bits per heavy atom. The Bertz CT molecular complexity index is 439. The first-order chi connectivity index (χ1) is 8.49. The van der Waals surface area contributed by atoms with E-state index in [1.165, 1.54) is 30.6 Å². The number of amides is 1. The minimum Gasteiger partial charge on any atom is -0.382 e. The van der Waals surface area contributed by atoms with Gasteiger partial charge in [0.25, 0.3) is 5.91 Å². The number of thiazole rings is 1. The Kier molecular flexibility index (Phi) is 3.75. The van der Waals surface area contributed by atoms with Gasteiger partial charge in [-0.1, -0.05) is 11.3 Å². The van der Waals surface area contributed by atoms with Gasteiger partial charge in [0.1, 0.15) is 10.7 Å². The first kappa shape index (κ1) is 13.1. The molecule has 2 rings (SSSR count). The summed E-state index contributed by atoms with van der Waals surface area (Å²) in [6, 6.07) is 0.656. The molecule has 0 atom stereocenters. The molecule has 0 unspecified atom stereocenters. The molecule has 1 heterocycles. The molecule has 5 nitrogen and oxygen atoms in total. The molecule has 0 aromatic carbocycles. The molecule has 6 heteroatoms. The van der Waals surface area contributed by atoms with E-state index < -0.39 is 0 Å². The van der Waals surface area contributed by atoms with Crippen molar-refractivity contribution in [2.24, 2.45) is 0 Å². The van der Waals surface area contributed by atoms with Gasteiger partial charge in [0.2, 0.25) is 0 Å². The Hall–Kier alpha value is -1.30. The molecular formula is C12H20N4OS. The molecule has 1 fully saturated rings. The molecule has 0 radical (unpaired) electrons. The molecular weight excluding hydrogens is 248 g/mol. The standard InChI is InChI=1S/C12H20N4OS/c1-7(2)16(3)11(17)9-10(13)15-12(18-9)14-8-5-4-6-8/h7-8H,4-6,13H2,1-3H3,(H,14,15). The maximum atomic E-state index is 12.2. The van der Waals surface area contributed by atoms with Crippen LogP contribution in [-0.4, -0.2) is 34.9 Å². The van der Waals surface area contributed by atoms with Gasteiger partial charge in [-0.25, -0.2) is 4.98 Å². The molecule has 1 aliphatic rings. The van der Waals surface area contributed by atoms with Crippen LogP contribution in [0.4, 0.5) is 10.9 Å². The summed E-state index contributed by atoms with van der Waals surface area (Å²) < 4.78 is 0. The number of carbonyl (C=O) groups excluding carboxylic acids is 1. The predicted molar refractivity (Wildman–Crippen MR) is 75.0 cm³/mol. The SMILES string of the molecule is CC(C)N(C)C(=O)c1sc(NC2CCC2)nc1N. The van der Waals surface area contributed by atoms with Crippen molar-refractivity contribution in [1.29, 1.82) is 0 Å². The number of hydrogen-bond acceptors (Lipinski definition) is 5. The number of hydrogen-bond donors (Lipinski definition) is 2. The molecule has 0 spiro atoms. The maximum absolute atomic E-state index is 12.2. The molecule has 3 N–H and O–H groups in total. The van der Waals surface area contributed by atoms with Gasteiger partial charge < -0.3 is 16.0 Å². The highest BCUT2D eigenvalue weighted by Gasteiger charge is 2.23. The van der Waals surface area contributed by atoms with Crippen LogP contribution in [0.1, 0.15) is 42.8 Å². The second-order valence-corrected chi connectivity index (χ2v) is 6.01. The van der Waals surface area contributed by atoms with Crippen LogP contribution in [0.25, 0.3) is 0 Å². The van der Waals surface area contributed by atoms with Gasteiger partial charge in [-0.15, -0.1) is 0 Å². The molecule has 0 saturated heterocycles. The largest absolute Gasteiger partial charge is 0.382 e. The van der Waals surface area contributed by atoms with Crippen LogP contribution < -0.4 is 11.1 Å². The van der Waals surface area contributed by atoms with E-state index in [9.17, 15) is 4.79 Å². The summed E-state index contributed by atoms with van der Waals surface area (Å²) in [7, 11) is 1.78. The quantitative estimate of drug-likeness (QED) is 0.878. The monoisotopic (exact) mass is 268 g/mol. The van der Waals surface area contributed by atoms with Crippen molar-refractivity contribution in [3.63, 3.8) is 0 Å². The summed E-state index contributed by atoms with van der Waals surface area (Å²) >= 11 is 1.35. The average Bonchev–Trinajstić information content (AvgIpc) is 2.63. The fourth-order valence-electron chi connectivity index (χ4n) is 1.67. The molecule has 100 valence electrons. The predicted octanol–water partition coefficient (Wildman–Crippen LogP) is 2.17. The van der Waals surface area contributed by atoms with Crippen LogP contribution in [-0.2, 0) is 0 Å². The minimum absolute atomic E-state index is 0.0540. The summed E-state index contributed by atoms with van der Waals surface area (Å²) in [5, 5.41) is 4.08. The lowest BCUT2D eigenvalue weighted by molar-refractivity contribution is 0.0760. The second kappa shape index (κ2) is 5.14. The van der Waals surface area contributed by atoms with Gasteiger partial charge in [0.15, 0.2) is 5.13 Å². The van der Waals surface area contributed by atoms with Crippen molar-refractivity contribution >= 4 is 28.2 Å². The maximum Gasteiger partial charge on any atom is 0.267 e. The molecule has 0 aliphatic heterocycles. The van der Waals surface area contributed by atoms with Crippen molar-refractivity contribution in [3.8, 4) is 0 Å². The lowest BCUT2D eigenvalue weighted by Crippen LogP contribution is -2.32. The highest BCUT2D eigenvalue weighted by molar-refractivity contribution is 7.18. The van der Waals surface area contributed by atoms with Gasteiger partial charge >= 0.3 is 0 Å². The summed E-state index contributed by atoms with van der Waals surface area (Å²) in [6.45, 7) is 3.95. The van der Waals surface area contributed by atoms with Gasteiger partial charge in [0.05, 0.1) is 0 Å². The van der Waals surface area contributed by atoms with Gasteiger partial charge in [-0.2, -0.15) is 0 Å². The zero-order valence-corrected chi connectivity index (χ0v) is 11.9. The Morgan fingerprint density at radius 3 is 2.72 bits per heavy atom. The van der Waals surface area contributed by atoms with Crippen LogP contribution >= 0.6 is 11.3 Å². The highest BCUT2D eigenvalue weighted by Crippen LogP contribution is 2.30. The number of nitrogens with one attached hydrogen (secondary N) is 1. The number of anilines is 2. The number of aromatic nitrogens is 1. The zero-order valence-electron chi connectivity index (χ0n) is 11.1. The minimum atomic E-state index is -0.0540. The average molecular weight is 268 g/mol. The Balaban J connectivity index is 2.10. The van der Waals surface area contributed by atoms with E-state index in [0.717, 1.165) is 5.13 Å². The van der Waals surface area contributed by atoms with E-state index in [0.29, 0.717) is 16.7 Å². The first-order valence-electron chi connectivity index (χ1n) is 6.29. The first-order valence-corrected chi connectivity index (χ1v) is 7.10. The molecule has 1 saturated carbocycles.